The summed E-state index contributed by atoms with van der Waals surface area (Å²) >= 11 is 0. The zero-order valence-electron chi connectivity index (χ0n) is 12.4. The number of hydrogen-bond acceptors (Lipinski definition) is 4. The minimum atomic E-state index is -0.0183. The molecule has 2 heterocycles. The first kappa shape index (κ1) is 13.6. The fraction of sp³-hybridized carbons (Fsp3) is 0.733. The molecule has 1 aliphatic heterocycles. The molecular weight excluding hydrogens is 256 g/mol. The van der Waals surface area contributed by atoms with E-state index in [4.69, 9.17) is 9.26 Å². The highest BCUT2D eigenvalue weighted by Crippen LogP contribution is 2.47. The van der Waals surface area contributed by atoms with Crippen molar-refractivity contribution in [2.75, 3.05) is 13.7 Å². The summed E-state index contributed by atoms with van der Waals surface area (Å²) in [5.74, 6) is 0.343. The van der Waals surface area contributed by atoms with Gasteiger partial charge in [0.2, 0.25) is 5.76 Å². The standard InChI is InChI=1S/C15H22N2O3/c1-10-8-12(20-16-10)14(18)17-7-6-15(2)9-11(19-3)4-5-13(15)17/h8,11,13H,4-7,9H2,1-3H3/t11-,13-,15+/m1/s1. The summed E-state index contributed by atoms with van der Waals surface area (Å²) in [4.78, 5) is 14.5. The van der Waals surface area contributed by atoms with Gasteiger partial charge in [-0.15, -0.1) is 0 Å². The molecule has 0 N–H and O–H groups in total. The van der Waals surface area contributed by atoms with Crippen molar-refractivity contribution >= 4 is 5.91 Å². The lowest BCUT2D eigenvalue weighted by molar-refractivity contribution is -0.00345. The van der Waals surface area contributed by atoms with E-state index in [1.807, 2.05) is 11.8 Å². The topological polar surface area (TPSA) is 55.6 Å². The van der Waals surface area contributed by atoms with E-state index in [-0.39, 0.29) is 11.3 Å². The zero-order chi connectivity index (χ0) is 14.3. The molecular formula is C15H22N2O3. The van der Waals surface area contributed by atoms with Gasteiger partial charge in [0.15, 0.2) is 0 Å². The van der Waals surface area contributed by atoms with Crippen molar-refractivity contribution in [2.24, 2.45) is 5.41 Å². The number of carbonyl (C=O) groups excluding carboxylic acids is 1. The van der Waals surface area contributed by atoms with E-state index in [2.05, 4.69) is 12.1 Å². The Hall–Kier alpha value is -1.36. The van der Waals surface area contributed by atoms with Crippen LogP contribution in [0.4, 0.5) is 0 Å². The van der Waals surface area contributed by atoms with Crippen LogP contribution in [0.15, 0.2) is 10.6 Å². The third-order valence-corrected chi connectivity index (χ3v) is 4.99. The second-order valence-electron chi connectivity index (χ2n) is 6.39. The maximum Gasteiger partial charge on any atom is 0.292 e. The first-order valence-electron chi connectivity index (χ1n) is 7.30. The highest BCUT2D eigenvalue weighted by Gasteiger charge is 2.49. The Morgan fingerprint density at radius 2 is 2.35 bits per heavy atom. The number of nitrogens with zero attached hydrogens (tertiary/aromatic N) is 2. The van der Waals surface area contributed by atoms with Crippen LogP contribution in [0, 0.1) is 12.3 Å². The Kier molecular flexibility index (Phi) is 3.32. The van der Waals surface area contributed by atoms with Gasteiger partial charge in [-0.1, -0.05) is 12.1 Å². The Morgan fingerprint density at radius 1 is 1.55 bits per heavy atom. The van der Waals surface area contributed by atoms with E-state index in [1.165, 1.54) is 0 Å². The van der Waals surface area contributed by atoms with Crippen LogP contribution < -0.4 is 0 Å². The number of ether oxygens (including phenoxy) is 1. The van der Waals surface area contributed by atoms with E-state index < -0.39 is 0 Å². The molecule has 20 heavy (non-hydrogen) atoms. The van der Waals surface area contributed by atoms with Gasteiger partial charge in [0, 0.05) is 25.8 Å². The van der Waals surface area contributed by atoms with Crippen LogP contribution in [0.25, 0.3) is 0 Å². The van der Waals surface area contributed by atoms with Gasteiger partial charge in [-0.05, 0) is 38.0 Å². The lowest BCUT2D eigenvalue weighted by Crippen LogP contribution is -2.46. The van der Waals surface area contributed by atoms with Crippen molar-refractivity contribution in [3.8, 4) is 0 Å². The van der Waals surface area contributed by atoms with Crippen LogP contribution in [0.3, 0.4) is 0 Å². The Balaban J connectivity index is 1.78. The Labute approximate surface area is 119 Å². The number of likely N-dealkylation sites (tertiary alicyclic amines) is 1. The van der Waals surface area contributed by atoms with Gasteiger partial charge in [0.25, 0.3) is 5.91 Å². The maximum atomic E-state index is 12.6. The molecule has 1 saturated carbocycles. The minimum Gasteiger partial charge on any atom is -0.381 e. The second kappa shape index (κ2) is 4.88. The minimum absolute atomic E-state index is 0.0183. The second-order valence-corrected chi connectivity index (χ2v) is 6.39. The molecule has 5 nitrogen and oxygen atoms in total. The highest BCUT2D eigenvalue weighted by atomic mass is 16.5. The van der Waals surface area contributed by atoms with Gasteiger partial charge < -0.3 is 14.2 Å². The lowest BCUT2D eigenvalue weighted by atomic mass is 9.71. The van der Waals surface area contributed by atoms with Crippen molar-refractivity contribution in [3.63, 3.8) is 0 Å². The molecule has 3 rings (SSSR count). The van der Waals surface area contributed by atoms with Crippen molar-refractivity contribution < 1.29 is 14.1 Å². The molecule has 110 valence electrons. The van der Waals surface area contributed by atoms with Gasteiger partial charge in [0.1, 0.15) is 0 Å². The van der Waals surface area contributed by atoms with E-state index >= 15 is 0 Å². The number of aryl methyl sites for hydroxylation is 1. The molecule has 1 aromatic rings. The molecule has 2 aliphatic rings. The van der Waals surface area contributed by atoms with Crippen LogP contribution in [-0.2, 0) is 4.74 Å². The first-order valence-corrected chi connectivity index (χ1v) is 7.30. The predicted octanol–water partition coefficient (Wildman–Crippen LogP) is 2.40. The molecule has 0 bridgehead atoms. The number of hydrogen-bond donors (Lipinski definition) is 0. The molecule has 0 radical (unpaired) electrons. The first-order chi connectivity index (χ1) is 9.53. The highest BCUT2D eigenvalue weighted by molar-refractivity contribution is 5.92. The largest absolute Gasteiger partial charge is 0.381 e. The number of methoxy groups -OCH3 is 1. The van der Waals surface area contributed by atoms with Gasteiger partial charge in [-0.3, -0.25) is 4.79 Å². The average Bonchev–Trinajstić information content (AvgIpc) is 3.00. The summed E-state index contributed by atoms with van der Waals surface area (Å²) in [7, 11) is 1.78. The number of rotatable bonds is 2. The van der Waals surface area contributed by atoms with Gasteiger partial charge >= 0.3 is 0 Å². The summed E-state index contributed by atoms with van der Waals surface area (Å²) in [6, 6.07) is 2.02. The lowest BCUT2D eigenvalue weighted by Gasteiger charge is -2.42. The third-order valence-electron chi connectivity index (χ3n) is 4.99. The Bertz CT molecular complexity index is 513. The molecule has 1 saturated heterocycles. The number of fused-ring (bicyclic) bond motifs is 1. The van der Waals surface area contributed by atoms with Crippen molar-refractivity contribution in [1.82, 2.24) is 10.1 Å². The summed E-state index contributed by atoms with van der Waals surface area (Å²) in [5, 5.41) is 3.81. The fourth-order valence-electron chi connectivity index (χ4n) is 3.83. The molecule has 0 aromatic carbocycles. The molecule has 1 amide bonds. The van der Waals surface area contributed by atoms with Gasteiger partial charge in [-0.25, -0.2) is 0 Å². The van der Waals surface area contributed by atoms with Gasteiger partial charge in [-0.2, -0.15) is 0 Å². The fourth-order valence-corrected chi connectivity index (χ4v) is 3.83. The number of aromatic nitrogens is 1. The molecule has 3 atom stereocenters. The molecule has 1 aliphatic carbocycles. The van der Waals surface area contributed by atoms with Crippen LogP contribution >= 0.6 is 0 Å². The monoisotopic (exact) mass is 278 g/mol. The Morgan fingerprint density at radius 3 is 3.00 bits per heavy atom. The van der Waals surface area contributed by atoms with Gasteiger partial charge in [0.05, 0.1) is 11.8 Å². The SMILES string of the molecule is CO[C@@H]1CC[C@H]2N(C(=O)c3cc(C)no3)CC[C@@]2(C)C1. The molecule has 0 unspecified atom stereocenters. The van der Waals surface area contributed by atoms with Crippen molar-refractivity contribution in [2.45, 2.75) is 51.7 Å². The smallest absolute Gasteiger partial charge is 0.292 e. The number of amides is 1. The van der Waals surface area contributed by atoms with Crippen molar-refractivity contribution in [3.05, 3.63) is 17.5 Å². The average molecular weight is 278 g/mol. The van der Waals surface area contributed by atoms with Crippen LogP contribution in [0.1, 0.15) is 48.9 Å². The third kappa shape index (κ3) is 2.14. The van der Waals surface area contributed by atoms with Crippen LogP contribution in [0.2, 0.25) is 0 Å². The number of carbonyl (C=O) groups is 1. The summed E-state index contributed by atoms with van der Waals surface area (Å²) in [5.41, 5.74) is 0.919. The molecule has 5 heteroatoms. The maximum absolute atomic E-state index is 12.6. The summed E-state index contributed by atoms with van der Waals surface area (Å²) in [6.45, 7) is 4.91. The predicted molar refractivity (Wildman–Crippen MR) is 73.4 cm³/mol. The normalized spacial score (nSPS) is 33.2. The van der Waals surface area contributed by atoms with E-state index in [1.54, 1.807) is 13.2 Å². The van der Waals surface area contributed by atoms with Crippen molar-refractivity contribution in [1.29, 1.82) is 0 Å². The quantitative estimate of drug-likeness (QED) is 0.833. The zero-order valence-corrected chi connectivity index (χ0v) is 12.4. The van der Waals surface area contributed by atoms with E-state index in [9.17, 15) is 4.79 Å². The van der Waals surface area contributed by atoms with Crippen LogP contribution in [0.5, 0.6) is 0 Å². The molecule has 2 fully saturated rings. The summed E-state index contributed by atoms with van der Waals surface area (Å²) < 4.78 is 10.6. The van der Waals surface area contributed by atoms with E-state index in [0.29, 0.717) is 17.9 Å². The van der Waals surface area contributed by atoms with E-state index in [0.717, 1.165) is 37.9 Å². The van der Waals surface area contributed by atoms with Crippen LogP contribution in [-0.4, -0.2) is 41.8 Å². The molecule has 0 spiro atoms. The summed E-state index contributed by atoms with van der Waals surface area (Å²) in [6.07, 6.45) is 4.44. The molecule has 1 aromatic heterocycles.